The predicted molar refractivity (Wildman–Crippen MR) is 108 cm³/mol. The zero-order valence-corrected chi connectivity index (χ0v) is 15.7. The monoisotopic (exact) mass is 361 g/mol. The Bertz CT molecular complexity index is 627. The molecule has 3 nitrogen and oxygen atoms in total. The molecule has 0 fully saturated rings. The highest BCUT2D eigenvalue weighted by molar-refractivity contribution is 7.80. The summed E-state index contributed by atoms with van der Waals surface area (Å²) in [7, 11) is 0. The van der Waals surface area contributed by atoms with Gasteiger partial charge in [-0.3, -0.25) is 4.90 Å². The summed E-state index contributed by atoms with van der Waals surface area (Å²) in [6.45, 7) is 7.11. The van der Waals surface area contributed by atoms with Crippen LogP contribution in [-0.2, 0) is 0 Å². The van der Waals surface area contributed by atoms with Gasteiger partial charge in [0, 0.05) is 17.3 Å². The van der Waals surface area contributed by atoms with Gasteiger partial charge in [0.1, 0.15) is 0 Å². The van der Waals surface area contributed by atoms with E-state index in [2.05, 4.69) is 53.6 Å². The van der Waals surface area contributed by atoms with Gasteiger partial charge in [-0.2, -0.15) is 0 Å². The van der Waals surface area contributed by atoms with Gasteiger partial charge in [-0.1, -0.05) is 55.8 Å². The summed E-state index contributed by atoms with van der Waals surface area (Å²) in [5.74, 6) is 0. The zero-order valence-electron chi connectivity index (χ0n) is 14.1. The van der Waals surface area contributed by atoms with Crippen LogP contribution in [0.2, 0.25) is 5.02 Å². The molecule has 2 aromatic carbocycles. The lowest BCUT2D eigenvalue weighted by Gasteiger charge is -2.30. The second-order valence-electron chi connectivity index (χ2n) is 5.49. The molecule has 0 radical (unpaired) electrons. The second-order valence-corrected chi connectivity index (χ2v) is 6.33. The lowest BCUT2D eigenvalue weighted by atomic mass is 10.1. The molecule has 1 atom stereocenters. The van der Waals surface area contributed by atoms with E-state index in [9.17, 15) is 0 Å². The van der Waals surface area contributed by atoms with Crippen LogP contribution in [0.4, 0.5) is 5.69 Å². The highest BCUT2D eigenvalue weighted by Crippen LogP contribution is 2.19. The van der Waals surface area contributed by atoms with Gasteiger partial charge >= 0.3 is 0 Å². The van der Waals surface area contributed by atoms with Crippen LogP contribution in [0.1, 0.15) is 25.5 Å². The minimum Gasteiger partial charge on any atom is -0.361 e. The van der Waals surface area contributed by atoms with Gasteiger partial charge < -0.3 is 10.6 Å². The van der Waals surface area contributed by atoms with Gasteiger partial charge in [0.15, 0.2) is 5.11 Å². The molecule has 0 aliphatic carbocycles. The highest BCUT2D eigenvalue weighted by atomic mass is 35.5. The fraction of sp³-hybridized carbons (Fsp3) is 0.316. The lowest BCUT2D eigenvalue weighted by molar-refractivity contribution is 0.219. The Kier molecular flexibility index (Phi) is 7.50. The largest absolute Gasteiger partial charge is 0.361 e. The Morgan fingerprint density at radius 1 is 1.04 bits per heavy atom. The maximum absolute atomic E-state index is 5.90. The predicted octanol–water partition coefficient (Wildman–Crippen LogP) is 4.71. The van der Waals surface area contributed by atoms with Crippen molar-refractivity contribution in [3.05, 3.63) is 65.2 Å². The van der Waals surface area contributed by atoms with Crippen LogP contribution in [0, 0.1) is 0 Å². The second kappa shape index (κ2) is 9.62. The van der Waals surface area contributed by atoms with Crippen LogP contribution in [0.15, 0.2) is 54.6 Å². The number of rotatable bonds is 7. The van der Waals surface area contributed by atoms with E-state index >= 15 is 0 Å². The molecule has 0 heterocycles. The van der Waals surface area contributed by atoms with Crippen LogP contribution in [0.5, 0.6) is 0 Å². The summed E-state index contributed by atoms with van der Waals surface area (Å²) in [4.78, 5) is 2.42. The van der Waals surface area contributed by atoms with Crippen molar-refractivity contribution in [1.82, 2.24) is 10.2 Å². The molecule has 0 saturated carbocycles. The Balaban J connectivity index is 1.99. The first-order chi connectivity index (χ1) is 11.6. The molecule has 5 heteroatoms. The molecule has 2 rings (SSSR count). The van der Waals surface area contributed by atoms with E-state index in [0.29, 0.717) is 10.1 Å². The summed E-state index contributed by atoms with van der Waals surface area (Å²) in [6, 6.07) is 18.3. The third-order valence-electron chi connectivity index (χ3n) is 4.00. The number of nitrogens with zero attached hydrogens (tertiary/aromatic N) is 1. The molecule has 0 aliphatic heterocycles. The standard InChI is InChI=1S/C19H24ClN3S/c1-3-23(4-2)18(15-8-6-5-7-9-15)14-21-19(24)22-17-12-10-16(20)11-13-17/h5-13,18H,3-4,14H2,1-2H3,(H2,21,22,24)/t18-/m1/s1. The molecule has 2 N–H and O–H groups in total. The van der Waals surface area contributed by atoms with E-state index < -0.39 is 0 Å². The molecule has 0 spiro atoms. The number of thiocarbonyl (C=S) groups is 1. The third-order valence-corrected chi connectivity index (χ3v) is 4.49. The maximum Gasteiger partial charge on any atom is 0.170 e. The molecule has 128 valence electrons. The lowest BCUT2D eigenvalue weighted by Crippen LogP contribution is -2.39. The Labute approximate surface area is 155 Å². The fourth-order valence-corrected chi connectivity index (χ4v) is 3.02. The summed E-state index contributed by atoms with van der Waals surface area (Å²) in [6.07, 6.45) is 0. The fourth-order valence-electron chi connectivity index (χ4n) is 2.70. The van der Waals surface area contributed by atoms with Crippen LogP contribution in [-0.4, -0.2) is 29.6 Å². The average Bonchev–Trinajstić information content (AvgIpc) is 2.61. The number of likely N-dealkylation sites (N-methyl/N-ethyl adjacent to an activating group) is 1. The van der Waals surface area contributed by atoms with E-state index in [4.69, 9.17) is 23.8 Å². The third kappa shape index (κ3) is 5.48. The van der Waals surface area contributed by atoms with Crippen molar-refractivity contribution < 1.29 is 0 Å². The minimum atomic E-state index is 0.283. The molecule has 2 aromatic rings. The Morgan fingerprint density at radius 3 is 2.25 bits per heavy atom. The van der Waals surface area contributed by atoms with Crippen molar-refractivity contribution >= 4 is 34.6 Å². The molecule has 0 unspecified atom stereocenters. The van der Waals surface area contributed by atoms with Crippen LogP contribution in [0.3, 0.4) is 0 Å². The van der Waals surface area contributed by atoms with E-state index in [-0.39, 0.29) is 6.04 Å². The molecule has 0 amide bonds. The number of hydrogen-bond acceptors (Lipinski definition) is 2. The van der Waals surface area contributed by atoms with Crippen LogP contribution < -0.4 is 10.6 Å². The van der Waals surface area contributed by atoms with Crippen molar-refractivity contribution in [3.63, 3.8) is 0 Å². The van der Waals surface area contributed by atoms with Crippen molar-refractivity contribution in [2.24, 2.45) is 0 Å². The van der Waals surface area contributed by atoms with Crippen LogP contribution >= 0.6 is 23.8 Å². The highest BCUT2D eigenvalue weighted by Gasteiger charge is 2.17. The van der Waals surface area contributed by atoms with E-state index in [0.717, 1.165) is 25.3 Å². The normalized spacial score (nSPS) is 12.0. The molecule has 0 aromatic heterocycles. The smallest absolute Gasteiger partial charge is 0.170 e. The van der Waals surface area contributed by atoms with Crippen LogP contribution in [0.25, 0.3) is 0 Å². The number of benzene rings is 2. The first kappa shape index (κ1) is 18.7. The van der Waals surface area contributed by atoms with Crippen molar-refractivity contribution in [3.8, 4) is 0 Å². The first-order valence-electron chi connectivity index (χ1n) is 8.23. The SMILES string of the molecule is CCN(CC)[C@H](CNC(=S)Nc1ccc(Cl)cc1)c1ccccc1. The van der Waals surface area contributed by atoms with Gasteiger partial charge in [0.05, 0.1) is 6.04 Å². The zero-order chi connectivity index (χ0) is 17.4. The topological polar surface area (TPSA) is 27.3 Å². The summed E-state index contributed by atoms with van der Waals surface area (Å²) < 4.78 is 0. The molecular weight excluding hydrogens is 338 g/mol. The molecular formula is C19H24ClN3S. The van der Waals surface area contributed by atoms with Gasteiger partial charge in [0.2, 0.25) is 0 Å². The first-order valence-corrected chi connectivity index (χ1v) is 9.02. The minimum absolute atomic E-state index is 0.283. The van der Waals surface area contributed by atoms with Gasteiger partial charge in [-0.25, -0.2) is 0 Å². The summed E-state index contributed by atoms with van der Waals surface area (Å²) in [5, 5.41) is 7.86. The number of halogens is 1. The molecule has 24 heavy (non-hydrogen) atoms. The van der Waals surface area contributed by atoms with Gasteiger partial charge in [-0.15, -0.1) is 0 Å². The quantitative estimate of drug-likeness (QED) is 0.698. The van der Waals surface area contributed by atoms with Gasteiger partial charge in [0.25, 0.3) is 0 Å². The number of nitrogens with one attached hydrogen (secondary N) is 2. The molecule has 0 bridgehead atoms. The van der Waals surface area contributed by atoms with Crippen molar-refractivity contribution in [2.45, 2.75) is 19.9 Å². The average molecular weight is 362 g/mol. The Hall–Kier alpha value is -1.62. The molecule has 0 aliphatic rings. The summed E-state index contributed by atoms with van der Waals surface area (Å²) >= 11 is 11.3. The number of anilines is 1. The molecule has 0 saturated heterocycles. The van der Waals surface area contributed by atoms with Gasteiger partial charge in [-0.05, 0) is 55.1 Å². The number of hydrogen-bond donors (Lipinski definition) is 2. The van der Waals surface area contributed by atoms with E-state index in [1.807, 2.05) is 30.3 Å². The summed E-state index contributed by atoms with van der Waals surface area (Å²) in [5.41, 5.74) is 2.22. The van der Waals surface area contributed by atoms with E-state index in [1.54, 1.807) is 0 Å². The Morgan fingerprint density at radius 2 is 1.67 bits per heavy atom. The van der Waals surface area contributed by atoms with Crippen molar-refractivity contribution in [2.75, 3.05) is 25.0 Å². The van der Waals surface area contributed by atoms with E-state index in [1.165, 1.54) is 5.56 Å². The van der Waals surface area contributed by atoms with Crippen molar-refractivity contribution in [1.29, 1.82) is 0 Å². The maximum atomic E-state index is 5.90.